The largest absolute Gasteiger partial charge is 0.508 e. The Bertz CT molecular complexity index is 595. The average molecular weight is 332 g/mol. The quantitative estimate of drug-likeness (QED) is 0.750. The smallest absolute Gasteiger partial charge is 0.240 e. The number of nitrogens with one attached hydrogen (secondary N) is 2. The van der Waals surface area contributed by atoms with Crippen LogP contribution in [0.4, 0.5) is 0 Å². The van der Waals surface area contributed by atoms with Gasteiger partial charge in [0.15, 0.2) is 0 Å². The summed E-state index contributed by atoms with van der Waals surface area (Å²) in [6.45, 7) is 4.99. The van der Waals surface area contributed by atoms with Gasteiger partial charge < -0.3 is 20.6 Å². The lowest BCUT2D eigenvalue weighted by molar-refractivity contribution is -0.131. The first-order valence-corrected chi connectivity index (χ1v) is 8.70. The van der Waals surface area contributed by atoms with E-state index in [0.29, 0.717) is 5.75 Å². The highest BCUT2D eigenvalue weighted by molar-refractivity contribution is 5.87. The van der Waals surface area contributed by atoms with E-state index in [9.17, 15) is 9.90 Å². The van der Waals surface area contributed by atoms with E-state index in [2.05, 4.69) is 26.5 Å². The van der Waals surface area contributed by atoms with E-state index in [-0.39, 0.29) is 11.4 Å². The number of nitrogens with zero attached hydrogens (tertiary/aromatic N) is 2. The number of phenols is 1. The Morgan fingerprint density at radius 2 is 2.00 bits per heavy atom. The number of likely N-dealkylation sites (tertiary alicyclic amines) is 1. The number of phenolic OH excluding ortho intramolecular Hbond substituents is 1. The van der Waals surface area contributed by atoms with Crippen LogP contribution in [0, 0.1) is 0 Å². The van der Waals surface area contributed by atoms with Crippen molar-refractivity contribution < 1.29 is 9.90 Å². The third-order valence-electron chi connectivity index (χ3n) is 5.05. The molecule has 1 aromatic carbocycles. The lowest BCUT2D eigenvalue weighted by Gasteiger charge is -2.43. The lowest BCUT2D eigenvalue weighted by Crippen LogP contribution is -2.66. The third-order valence-corrected chi connectivity index (χ3v) is 5.05. The number of piperazine rings is 1. The lowest BCUT2D eigenvalue weighted by atomic mass is 9.85. The number of rotatable bonds is 4. The SMILES string of the molecule is CN(C)Cc1cc(CN2CCC3(CC2)NCCNC3=O)ccc1O. The number of carbonyl (C=O) groups excluding carboxylic acids is 1. The van der Waals surface area contributed by atoms with Crippen LogP contribution in [0.25, 0.3) is 0 Å². The topological polar surface area (TPSA) is 67.8 Å². The van der Waals surface area contributed by atoms with E-state index in [0.717, 1.165) is 57.7 Å². The van der Waals surface area contributed by atoms with Gasteiger partial charge in [0.05, 0.1) is 0 Å². The molecule has 2 fully saturated rings. The maximum Gasteiger partial charge on any atom is 0.240 e. The number of aromatic hydroxyl groups is 1. The predicted molar refractivity (Wildman–Crippen MR) is 93.8 cm³/mol. The summed E-state index contributed by atoms with van der Waals surface area (Å²) in [5.41, 5.74) is 1.81. The Hall–Kier alpha value is -1.63. The van der Waals surface area contributed by atoms with Crippen molar-refractivity contribution in [1.82, 2.24) is 20.4 Å². The monoisotopic (exact) mass is 332 g/mol. The van der Waals surface area contributed by atoms with Gasteiger partial charge in [0.1, 0.15) is 11.3 Å². The van der Waals surface area contributed by atoms with Crippen molar-refractivity contribution in [3.63, 3.8) is 0 Å². The number of carbonyl (C=O) groups is 1. The van der Waals surface area contributed by atoms with Crippen LogP contribution in [0.15, 0.2) is 18.2 Å². The highest BCUT2D eigenvalue weighted by atomic mass is 16.3. The van der Waals surface area contributed by atoms with Gasteiger partial charge in [0.2, 0.25) is 5.91 Å². The molecule has 2 heterocycles. The molecule has 3 N–H and O–H groups in total. The van der Waals surface area contributed by atoms with Crippen molar-refractivity contribution in [2.75, 3.05) is 40.3 Å². The molecule has 6 heteroatoms. The fraction of sp³-hybridized carbons (Fsp3) is 0.611. The van der Waals surface area contributed by atoms with Gasteiger partial charge in [0, 0.05) is 44.8 Å². The van der Waals surface area contributed by atoms with Crippen molar-refractivity contribution in [3.05, 3.63) is 29.3 Å². The van der Waals surface area contributed by atoms with Gasteiger partial charge in [-0.3, -0.25) is 9.69 Å². The molecule has 1 aromatic rings. The van der Waals surface area contributed by atoms with Gasteiger partial charge in [-0.15, -0.1) is 0 Å². The van der Waals surface area contributed by atoms with Gasteiger partial charge in [-0.25, -0.2) is 0 Å². The summed E-state index contributed by atoms with van der Waals surface area (Å²) in [6, 6.07) is 5.87. The molecule has 2 saturated heterocycles. The Morgan fingerprint density at radius 3 is 2.67 bits per heavy atom. The zero-order chi connectivity index (χ0) is 17.2. The highest BCUT2D eigenvalue weighted by Gasteiger charge is 2.42. The molecule has 6 nitrogen and oxygen atoms in total. The van der Waals surface area contributed by atoms with Crippen molar-refractivity contribution in [3.8, 4) is 5.75 Å². The van der Waals surface area contributed by atoms with Crippen molar-refractivity contribution >= 4 is 5.91 Å². The summed E-state index contributed by atoms with van der Waals surface area (Å²) in [4.78, 5) is 16.6. The zero-order valence-corrected chi connectivity index (χ0v) is 14.6. The van der Waals surface area contributed by atoms with Crippen molar-refractivity contribution in [2.45, 2.75) is 31.5 Å². The Balaban J connectivity index is 1.61. The van der Waals surface area contributed by atoms with E-state index < -0.39 is 0 Å². The first kappa shape index (κ1) is 17.2. The van der Waals surface area contributed by atoms with Crippen LogP contribution in [0.3, 0.4) is 0 Å². The Labute approximate surface area is 143 Å². The molecule has 132 valence electrons. The van der Waals surface area contributed by atoms with Crippen LogP contribution in [0.2, 0.25) is 0 Å². The molecule has 3 rings (SSSR count). The Kier molecular flexibility index (Phi) is 5.08. The summed E-state index contributed by atoms with van der Waals surface area (Å²) in [5, 5.41) is 16.4. The van der Waals surface area contributed by atoms with E-state index in [1.807, 2.05) is 20.2 Å². The van der Waals surface area contributed by atoms with Gasteiger partial charge in [-0.05, 0) is 44.6 Å². The van der Waals surface area contributed by atoms with E-state index in [1.165, 1.54) is 5.56 Å². The average Bonchev–Trinajstić information content (AvgIpc) is 2.55. The second kappa shape index (κ2) is 7.09. The molecule has 0 saturated carbocycles. The number of benzene rings is 1. The summed E-state index contributed by atoms with van der Waals surface area (Å²) < 4.78 is 0. The Morgan fingerprint density at radius 1 is 1.25 bits per heavy atom. The summed E-state index contributed by atoms with van der Waals surface area (Å²) in [7, 11) is 4.00. The molecule has 2 aliphatic heterocycles. The first-order valence-electron chi connectivity index (χ1n) is 8.70. The molecule has 0 aromatic heterocycles. The zero-order valence-electron chi connectivity index (χ0n) is 14.6. The van der Waals surface area contributed by atoms with Crippen molar-refractivity contribution in [2.24, 2.45) is 0 Å². The van der Waals surface area contributed by atoms with Crippen LogP contribution in [-0.4, -0.2) is 66.6 Å². The second-order valence-corrected chi connectivity index (χ2v) is 7.24. The summed E-state index contributed by atoms with van der Waals surface area (Å²) in [5.74, 6) is 0.513. The molecular weight excluding hydrogens is 304 g/mol. The molecule has 1 spiro atoms. The summed E-state index contributed by atoms with van der Waals surface area (Å²) >= 11 is 0. The number of amides is 1. The molecule has 0 atom stereocenters. The minimum Gasteiger partial charge on any atom is -0.508 e. The van der Waals surface area contributed by atoms with E-state index >= 15 is 0 Å². The number of hydrogen-bond donors (Lipinski definition) is 3. The standard InChI is InChI=1S/C18H28N4O2/c1-21(2)13-15-11-14(3-4-16(15)23)12-22-9-5-18(6-10-22)17(24)19-7-8-20-18/h3-4,11,20,23H,5-10,12-13H2,1-2H3,(H,19,24). The van der Waals surface area contributed by atoms with Gasteiger partial charge in [0.25, 0.3) is 0 Å². The molecule has 0 bridgehead atoms. The molecule has 1 amide bonds. The van der Waals surface area contributed by atoms with Crippen LogP contribution >= 0.6 is 0 Å². The molecule has 24 heavy (non-hydrogen) atoms. The maximum absolute atomic E-state index is 12.2. The highest BCUT2D eigenvalue weighted by Crippen LogP contribution is 2.26. The normalized spacial score (nSPS) is 21.2. The van der Waals surface area contributed by atoms with Crippen LogP contribution < -0.4 is 10.6 Å². The fourth-order valence-electron chi connectivity index (χ4n) is 3.69. The molecule has 2 aliphatic rings. The van der Waals surface area contributed by atoms with Crippen molar-refractivity contribution in [1.29, 1.82) is 0 Å². The third kappa shape index (κ3) is 3.71. The molecular formula is C18H28N4O2. The van der Waals surface area contributed by atoms with Crippen LogP contribution in [0.1, 0.15) is 24.0 Å². The summed E-state index contributed by atoms with van der Waals surface area (Å²) in [6.07, 6.45) is 1.70. The minimum atomic E-state index is -0.361. The van der Waals surface area contributed by atoms with E-state index in [1.54, 1.807) is 6.07 Å². The molecule has 0 aliphatic carbocycles. The maximum atomic E-state index is 12.2. The van der Waals surface area contributed by atoms with Crippen LogP contribution in [0.5, 0.6) is 5.75 Å². The van der Waals surface area contributed by atoms with Gasteiger partial charge >= 0.3 is 0 Å². The molecule has 0 unspecified atom stereocenters. The van der Waals surface area contributed by atoms with Gasteiger partial charge in [-0.1, -0.05) is 6.07 Å². The first-order chi connectivity index (χ1) is 11.5. The second-order valence-electron chi connectivity index (χ2n) is 7.24. The van der Waals surface area contributed by atoms with E-state index in [4.69, 9.17) is 0 Å². The minimum absolute atomic E-state index is 0.159. The molecule has 0 radical (unpaired) electrons. The van der Waals surface area contributed by atoms with Crippen LogP contribution in [-0.2, 0) is 17.9 Å². The van der Waals surface area contributed by atoms with Gasteiger partial charge in [-0.2, -0.15) is 0 Å². The number of hydrogen-bond acceptors (Lipinski definition) is 5. The fourth-order valence-corrected chi connectivity index (χ4v) is 3.69. The number of piperidine rings is 1. The predicted octanol–water partition coefficient (Wildman–Crippen LogP) is 0.508.